The van der Waals surface area contributed by atoms with Gasteiger partial charge >= 0.3 is 0 Å². The lowest BCUT2D eigenvalue weighted by molar-refractivity contribution is 0.406. The van der Waals surface area contributed by atoms with E-state index < -0.39 is 10.0 Å². The lowest BCUT2D eigenvalue weighted by Crippen LogP contribution is -2.32. The molecule has 0 unspecified atom stereocenters. The minimum Gasteiger partial charge on any atom is -0.273 e. The Morgan fingerprint density at radius 3 is 2.56 bits per heavy atom. The van der Waals surface area contributed by atoms with Crippen molar-refractivity contribution in [2.75, 3.05) is 6.54 Å². The number of hydrogen-bond acceptors (Lipinski definition) is 2. The summed E-state index contributed by atoms with van der Waals surface area (Å²) in [6.45, 7) is 2.62. The number of allylic oxidation sites excluding steroid dienone is 1. The lowest BCUT2D eigenvalue weighted by Gasteiger charge is -2.26. The third kappa shape index (κ3) is 2.11. The van der Waals surface area contributed by atoms with Crippen molar-refractivity contribution in [2.24, 2.45) is 5.92 Å². The van der Waals surface area contributed by atoms with Crippen molar-refractivity contribution in [1.82, 2.24) is 4.31 Å². The molecule has 1 aromatic carbocycles. The van der Waals surface area contributed by atoms with Crippen LogP contribution in [0.3, 0.4) is 0 Å². The summed E-state index contributed by atoms with van der Waals surface area (Å²) in [5.74, 6) is 0.378. The van der Waals surface area contributed by atoms with E-state index in [9.17, 15) is 8.42 Å². The third-order valence-corrected chi connectivity index (χ3v) is 4.41. The molecule has 0 amide bonds. The van der Waals surface area contributed by atoms with Gasteiger partial charge in [-0.15, -0.1) is 0 Å². The summed E-state index contributed by atoms with van der Waals surface area (Å²) in [5, 5.41) is 0. The van der Waals surface area contributed by atoms with Crippen LogP contribution in [0.25, 0.3) is 0 Å². The molecule has 1 aliphatic heterocycles. The van der Waals surface area contributed by atoms with Gasteiger partial charge in [0.25, 0.3) is 10.0 Å². The highest BCUT2D eigenvalue weighted by molar-refractivity contribution is 7.89. The van der Waals surface area contributed by atoms with Gasteiger partial charge in [0.2, 0.25) is 0 Å². The van der Waals surface area contributed by atoms with Gasteiger partial charge in [-0.25, -0.2) is 8.42 Å². The quantitative estimate of drug-likeness (QED) is 0.791. The fourth-order valence-corrected chi connectivity index (χ4v) is 3.23. The van der Waals surface area contributed by atoms with Crippen molar-refractivity contribution in [1.29, 1.82) is 0 Å². The Morgan fingerprint density at radius 1 is 1.25 bits per heavy atom. The van der Waals surface area contributed by atoms with Crippen LogP contribution in [0.1, 0.15) is 13.3 Å². The van der Waals surface area contributed by atoms with Crippen molar-refractivity contribution >= 4 is 10.0 Å². The largest absolute Gasteiger partial charge is 0.273 e. The van der Waals surface area contributed by atoms with Crippen molar-refractivity contribution in [3.05, 3.63) is 42.6 Å². The van der Waals surface area contributed by atoms with Crippen LogP contribution < -0.4 is 0 Å². The number of nitrogens with zero attached hydrogens (tertiary/aromatic N) is 1. The maximum Gasteiger partial charge on any atom is 0.263 e. The highest BCUT2D eigenvalue weighted by Gasteiger charge is 2.24. The van der Waals surface area contributed by atoms with Crippen LogP contribution in [0, 0.1) is 5.92 Å². The van der Waals surface area contributed by atoms with E-state index in [-0.39, 0.29) is 0 Å². The van der Waals surface area contributed by atoms with Gasteiger partial charge in [-0.1, -0.05) is 31.2 Å². The predicted octanol–water partition coefficient (Wildman–Crippen LogP) is 2.23. The van der Waals surface area contributed by atoms with E-state index in [1.165, 1.54) is 4.31 Å². The van der Waals surface area contributed by atoms with Crippen LogP contribution in [0.15, 0.2) is 47.5 Å². The topological polar surface area (TPSA) is 37.4 Å². The fourth-order valence-electron chi connectivity index (χ4n) is 1.76. The average Bonchev–Trinajstić information content (AvgIpc) is 2.30. The lowest BCUT2D eigenvalue weighted by atomic mass is 10.1. The molecular formula is C12H15NO2S. The molecule has 0 aliphatic carbocycles. The highest BCUT2D eigenvalue weighted by Crippen LogP contribution is 2.21. The summed E-state index contributed by atoms with van der Waals surface area (Å²) >= 11 is 0. The number of benzene rings is 1. The van der Waals surface area contributed by atoms with E-state index in [4.69, 9.17) is 0 Å². The van der Waals surface area contributed by atoms with Gasteiger partial charge in [0.05, 0.1) is 4.90 Å². The molecule has 1 atom stereocenters. The predicted molar refractivity (Wildman–Crippen MR) is 63.3 cm³/mol. The summed E-state index contributed by atoms with van der Waals surface area (Å²) < 4.78 is 25.8. The minimum absolute atomic E-state index is 0.355. The molecule has 1 heterocycles. The summed E-state index contributed by atoms with van der Waals surface area (Å²) in [6, 6.07) is 8.55. The first-order valence-corrected chi connectivity index (χ1v) is 6.78. The minimum atomic E-state index is -3.35. The van der Waals surface area contributed by atoms with Gasteiger partial charge in [0, 0.05) is 12.7 Å². The molecule has 1 aromatic rings. The molecule has 0 spiro atoms. The molecule has 0 radical (unpaired) electrons. The molecule has 4 heteroatoms. The monoisotopic (exact) mass is 237 g/mol. The smallest absolute Gasteiger partial charge is 0.263 e. The number of hydrogen-bond donors (Lipinski definition) is 0. The van der Waals surface area contributed by atoms with E-state index in [1.54, 1.807) is 30.5 Å². The summed E-state index contributed by atoms with van der Waals surface area (Å²) in [7, 11) is -3.35. The summed E-state index contributed by atoms with van der Waals surface area (Å²) in [4.78, 5) is 0.355. The van der Waals surface area contributed by atoms with E-state index in [0.717, 1.165) is 6.42 Å². The average molecular weight is 237 g/mol. The second kappa shape index (κ2) is 4.29. The second-order valence-corrected chi connectivity index (χ2v) is 6.00. The zero-order valence-corrected chi connectivity index (χ0v) is 10.0. The molecule has 0 N–H and O–H groups in total. The van der Waals surface area contributed by atoms with E-state index in [0.29, 0.717) is 17.4 Å². The first-order chi connectivity index (χ1) is 7.60. The molecule has 0 aromatic heterocycles. The van der Waals surface area contributed by atoms with Crippen LogP contribution in [0.4, 0.5) is 0 Å². The normalized spacial score (nSPS) is 21.1. The molecule has 3 nitrogen and oxygen atoms in total. The Morgan fingerprint density at radius 2 is 1.94 bits per heavy atom. The molecule has 0 saturated carbocycles. The van der Waals surface area contributed by atoms with Gasteiger partial charge < -0.3 is 0 Å². The van der Waals surface area contributed by atoms with Gasteiger partial charge in [0.1, 0.15) is 0 Å². The molecule has 1 aliphatic rings. The molecule has 0 saturated heterocycles. The Kier molecular flexibility index (Phi) is 3.01. The van der Waals surface area contributed by atoms with Crippen molar-refractivity contribution in [3.8, 4) is 0 Å². The fraction of sp³-hybridized carbons (Fsp3) is 0.333. The Hall–Kier alpha value is -1.29. The van der Waals surface area contributed by atoms with E-state index >= 15 is 0 Å². The van der Waals surface area contributed by atoms with Gasteiger partial charge in [-0.3, -0.25) is 4.31 Å². The Bertz CT molecular complexity index is 479. The highest BCUT2D eigenvalue weighted by atomic mass is 32.2. The van der Waals surface area contributed by atoms with Crippen LogP contribution in [-0.2, 0) is 10.0 Å². The van der Waals surface area contributed by atoms with Gasteiger partial charge in [-0.05, 0) is 24.5 Å². The summed E-state index contributed by atoms with van der Waals surface area (Å²) in [5.41, 5.74) is 0. The maximum absolute atomic E-state index is 12.2. The maximum atomic E-state index is 12.2. The van der Waals surface area contributed by atoms with Gasteiger partial charge in [-0.2, -0.15) is 0 Å². The number of sulfonamides is 1. The van der Waals surface area contributed by atoms with E-state index in [2.05, 4.69) is 6.92 Å². The molecule has 16 heavy (non-hydrogen) atoms. The van der Waals surface area contributed by atoms with Crippen LogP contribution in [0.5, 0.6) is 0 Å². The molecule has 2 rings (SSSR count). The zero-order chi connectivity index (χ0) is 11.6. The molecular weight excluding hydrogens is 222 g/mol. The Balaban J connectivity index is 2.33. The first-order valence-electron chi connectivity index (χ1n) is 5.34. The zero-order valence-electron chi connectivity index (χ0n) is 9.20. The molecule has 86 valence electrons. The SMILES string of the molecule is C[C@@H]1CC=CN(S(=O)(=O)c2ccccc2)C1. The standard InChI is InChI=1S/C12H15NO2S/c1-11-6-5-9-13(10-11)16(14,15)12-7-3-2-4-8-12/h2-5,7-9,11H,6,10H2,1H3/t11-/m1/s1. The van der Waals surface area contributed by atoms with Crippen LogP contribution in [-0.4, -0.2) is 19.3 Å². The van der Waals surface area contributed by atoms with Crippen molar-refractivity contribution < 1.29 is 8.42 Å². The number of rotatable bonds is 2. The summed E-state index contributed by atoms with van der Waals surface area (Å²) in [6.07, 6.45) is 4.53. The van der Waals surface area contributed by atoms with E-state index in [1.807, 2.05) is 12.1 Å². The van der Waals surface area contributed by atoms with Gasteiger partial charge in [0.15, 0.2) is 0 Å². The third-order valence-electron chi connectivity index (χ3n) is 2.65. The Labute approximate surface area is 96.4 Å². The first kappa shape index (κ1) is 11.2. The molecule has 0 fully saturated rings. The molecule has 0 bridgehead atoms. The van der Waals surface area contributed by atoms with Crippen LogP contribution in [0.2, 0.25) is 0 Å². The van der Waals surface area contributed by atoms with Crippen molar-refractivity contribution in [2.45, 2.75) is 18.2 Å². The van der Waals surface area contributed by atoms with Crippen LogP contribution >= 0.6 is 0 Å². The van der Waals surface area contributed by atoms with Crippen molar-refractivity contribution in [3.63, 3.8) is 0 Å². The second-order valence-electron chi connectivity index (χ2n) is 4.11.